The minimum absolute atomic E-state index is 0.138. The van der Waals surface area contributed by atoms with Crippen LogP contribution < -0.4 is 10.9 Å². The number of tetrazole rings is 1. The van der Waals surface area contributed by atoms with Gasteiger partial charge in [0.25, 0.3) is 5.56 Å². The zero-order valence-corrected chi connectivity index (χ0v) is 20.8. The highest BCUT2D eigenvalue weighted by Crippen LogP contribution is 2.35. The molecule has 5 aromatic rings. The average Bonchev–Trinajstić information content (AvgIpc) is 3.64. The van der Waals surface area contributed by atoms with Crippen molar-refractivity contribution >= 4 is 23.4 Å². The summed E-state index contributed by atoms with van der Waals surface area (Å²) < 4.78 is 3.32. The number of fused-ring (bicyclic) bond motifs is 1. The summed E-state index contributed by atoms with van der Waals surface area (Å²) in [4.78, 5) is 32.3. The molecular weight excluding hydrogens is 508 g/mol. The smallest absolute Gasteiger partial charge is 0.409 e. The van der Waals surface area contributed by atoms with Crippen LogP contribution in [0, 0.1) is 6.92 Å². The number of rotatable bonds is 5. The summed E-state index contributed by atoms with van der Waals surface area (Å²) in [5.74, 6) is 0.692. The Kier molecular flexibility index (Phi) is 5.76. The molecule has 3 aromatic heterocycles. The number of aromatic amines is 1. The third-order valence-corrected chi connectivity index (χ3v) is 6.91. The third-order valence-electron chi connectivity index (χ3n) is 6.68. The van der Waals surface area contributed by atoms with Crippen molar-refractivity contribution in [3.63, 3.8) is 0 Å². The standard InChI is InChI=1S/C26H21ClN8O3/c1-14-8-17(30-26(37)38)3-5-19(14)21-12-28-25(31-21)23-7-4-18-9-15(10-24(36)35(18)23)20-11-16(27)2-6-22(20)34-13-29-32-33-34/h2-3,5-6,8-13,23,30H,4,7H2,1H3,(H,28,31)(H,37,38). The van der Waals surface area contributed by atoms with Crippen molar-refractivity contribution in [2.24, 2.45) is 0 Å². The second-order valence-electron chi connectivity index (χ2n) is 9.06. The second-order valence-corrected chi connectivity index (χ2v) is 9.49. The van der Waals surface area contributed by atoms with Crippen molar-refractivity contribution in [1.29, 1.82) is 0 Å². The van der Waals surface area contributed by atoms with Crippen LogP contribution in [0.2, 0.25) is 5.02 Å². The topological polar surface area (TPSA) is 144 Å². The maximum absolute atomic E-state index is 13.4. The number of hydrogen-bond acceptors (Lipinski definition) is 6. The molecule has 190 valence electrons. The first-order valence-electron chi connectivity index (χ1n) is 11.8. The van der Waals surface area contributed by atoms with Gasteiger partial charge in [0.2, 0.25) is 0 Å². The molecule has 4 heterocycles. The molecule has 3 N–H and O–H groups in total. The molecular formula is C26H21ClN8O3. The Labute approximate surface area is 220 Å². The highest BCUT2D eigenvalue weighted by Gasteiger charge is 2.28. The normalized spacial score (nSPS) is 14.4. The highest BCUT2D eigenvalue weighted by molar-refractivity contribution is 6.31. The van der Waals surface area contributed by atoms with Crippen LogP contribution in [0.4, 0.5) is 10.5 Å². The lowest BCUT2D eigenvalue weighted by atomic mass is 10.0. The van der Waals surface area contributed by atoms with Gasteiger partial charge < -0.3 is 14.7 Å². The summed E-state index contributed by atoms with van der Waals surface area (Å²) in [7, 11) is 0. The van der Waals surface area contributed by atoms with Crippen molar-refractivity contribution in [3.8, 4) is 28.1 Å². The molecule has 0 spiro atoms. The van der Waals surface area contributed by atoms with Gasteiger partial charge in [-0.15, -0.1) is 5.10 Å². The second kappa shape index (κ2) is 9.27. The number of anilines is 1. The fourth-order valence-corrected chi connectivity index (χ4v) is 5.20. The van der Waals surface area contributed by atoms with E-state index in [0.29, 0.717) is 28.6 Å². The Morgan fingerprint density at radius 2 is 2.03 bits per heavy atom. The maximum atomic E-state index is 13.4. The first-order chi connectivity index (χ1) is 18.4. The van der Waals surface area contributed by atoms with Crippen LogP contribution in [0.3, 0.4) is 0 Å². The zero-order chi connectivity index (χ0) is 26.4. The van der Waals surface area contributed by atoms with Gasteiger partial charge in [-0.05, 0) is 77.7 Å². The summed E-state index contributed by atoms with van der Waals surface area (Å²) in [5.41, 5.74) is 6.05. The molecule has 0 bridgehead atoms. The molecule has 11 nitrogen and oxygen atoms in total. The van der Waals surface area contributed by atoms with E-state index in [4.69, 9.17) is 16.7 Å². The lowest BCUT2D eigenvalue weighted by molar-refractivity contribution is 0.209. The van der Waals surface area contributed by atoms with Crippen LogP contribution >= 0.6 is 11.6 Å². The van der Waals surface area contributed by atoms with E-state index >= 15 is 0 Å². The molecule has 0 saturated heterocycles. The number of amides is 1. The van der Waals surface area contributed by atoms with Crippen LogP contribution in [0.1, 0.15) is 29.5 Å². The number of carboxylic acid groups (broad SMARTS) is 1. The van der Waals surface area contributed by atoms with Gasteiger partial charge in [-0.1, -0.05) is 17.7 Å². The quantitative estimate of drug-likeness (QED) is 0.305. The molecule has 1 amide bonds. The highest BCUT2D eigenvalue weighted by atomic mass is 35.5. The van der Waals surface area contributed by atoms with Crippen LogP contribution in [-0.2, 0) is 6.42 Å². The predicted octanol–water partition coefficient (Wildman–Crippen LogP) is 4.47. The van der Waals surface area contributed by atoms with Gasteiger partial charge in [-0.2, -0.15) is 4.68 Å². The molecule has 12 heteroatoms. The van der Waals surface area contributed by atoms with E-state index in [9.17, 15) is 9.59 Å². The van der Waals surface area contributed by atoms with Crippen molar-refractivity contribution in [1.82, 2.24) is 34.7 Å². The Hall–Kier alpha value is -4.77. The molecule has 0 fully saturated rings. The third kappa shape index (κ3) is 4.22. The number of imidazole rings is 1. The van der Waals surface area contributed by atoms with Gasteiger partial charge in [0.1, 0.15) is 12.2 Å². The number of nitrogens with zero attached hydrogens (tertiary/aromatic N) is 6. The average molecular weight is 529 g/mol. The molecule has 1 aliphatic heterocycles. The van der Waals surface area contributed by atoms with E-state index in [1.54, 1.807) is 41.1 Å². The van der Waals surface area contributed by atoms with Crippen LogP contribution in [-0.4, -0.2) is 45.9 Å². The van der Waals surface area contributed by atoms with Crippen molar-refractivity contribution < 1.29 is 9.90 Å². The lowest BCUT2D eigenvalue weighted by Crippen LogP contribution is -2.23. The molecule has 1 aliphatic rings. The molecule has 0 saturated carbocycles. The molecule has 0 radical (unpaired) electrons. The predicted molar refractivity (Wildman–Crippen MR) is 141 cm³/mol. The Morgan fingerprint density at radius 1 is 1.16 bits per heavy atom. The van der Waals surface area contributed by atoms with E-state index in [0.717, 1.165) is 40.1 Å². The molecule has 1 unspecified atom stereocenters. The summed E-state index contributed by atoms with van der Waals surface area (Å²) in [6, 6.07) is 14.1. The summed E-state index contributed by atoms with van der Waals surface area (Å²) in [6.07, 6.45) is 3.55. The van der Waals surface area contributed by atoms with E-state index in [1.807, 2.05) is 25.1 Å². The van der Waals surface area contributed by atoms with E-state index in [-0.39, 0.29) is 11.6 Å². The number of carbonyl (C=O) groups is 1. The zero-order valence-electron chi connectivity index (χ0n) is 20.1. The number of benzene rings is 2. The summed E-state index contributed by atoms with van der Waals surface area (Å²) in [5, 5.41) is 23.3. The van der Waals surface area contributed by atoms with Crippen LogP contribution in [0.25, 0.3) is 28.1 Å². The first kappa shape index (κ1) is 23.6. The SMILES string of the molecule is Cc1cc(NC(=O)O)ccc1-c1cnc(C2CCc3cc(-c4cc(Cl)ccc4-n4cnnn4)cc(=O)n32)[nH]1. The van der Waals surface area contributed by atoms with Gasteiger partial charge in [-0.3, -0.25) is 10.1 Å². The largest absolute Gasteiger partial charge is 0.465 e. The molecule has 38 heavy (non-hydrogen) atoms. The summed E-state index contributed by atoms with van der Waals surface area (Å²) >= 11 is 6.30. The number of H-pyrrole nitrogens is 1. The number of halogens is 1. The van der Waals surface area contributed by atoms with E-state index in [2.05, 4.69) is 30.8 Å². The van der Waals surface area contributed by atoms with E-state index < -0.39 is 6.09 Å². The fourth-order valence-electron chi connectivity index (χ4n) is 5.03. The van der Waals surface area contributed by atoms with Crippen molar-refractivity contribution in [2.75, 3.05) is 5.32 Å². The number of nitrogens with one attached hydrogen (secondary N) is 2. The maximum Gasteiger partial charge on any atom is 0.409 e. The minimum atomic E-state index is -1.11. The molecule has 6 rings (SSSR count). The van der Waals surface area contributed by atoms with Gasteiger partial charge in [0, 0.05) is 33.6 Å². The Bertz CT molecular complexity index is 1740. The lowest BCUT2D eigenvalue weighted by Gasteiger charge is -2.15. The molecule has 1 atom stereocenters. The van der Waals surface area contributed by atoms with Gasteiger partial charge in [-0.25, -0.2) is 9.78 Å². The van der Waals surface area contributed by atoms with Crippen LogP contribution in [0.5, 0.6) is 0 Å². The number of aromatic nitrogens is 7. The van der Waals surface area contributed by atoms with Crippen molar-refractivity contribution in [3.05, 3.63) is 93.5 Å². The van der Waals surface area contributed by atoms with Crippen LogP contribution in [0.15, 0.2) is 65.8 Å². The van der Waals surface area contributed by atoms with E-state index in [1.165, 1.54) is 11.0 Å². The molecule has 0 aliphatic carbocycles. The van der Waals surface area contributed by atoms with Gasteiger partial charge >= 0.3 is 6.09 Å². The minimum Gasteiger partial charge on any atom is -0.465 e. The molecule has 2 aromatic carbocycles. The fraction of sp³-hybridized carbons (Fsp3) is 0.154. The number of pyridine rings is 1. The van der Waals surface area contributed by atoms with Gasteiger partial charge in [0.05, 0.1) is 23.6 Å². The number of aryl methyl sites for hydroxylation is 2. The Morgan fingerprint density at radius 3 is 2.79 bits per heavy atom. The Balaban J connectivity index is 1.34. The van der Waals surface area contributed by atoms with Gasteiger partial charge in [0.15, 0.2) is 0 Å². The summed E-state index contributed by atoms with van der Waals surface area (Å²) in [6.45, 7) is 1.90. The monoisotopic (exact) mass is 528 g/mol. The first-order valence-corrected chi connectivity index (χ1v) is 12.2. The van der Waals surface area contributed by atoms with Crippen molar-refractivity contribution in [2.45, 2.75) is 25.8 Å². The number of hydrogen-bond donors (Lipinski definition) is 3.